The van der Waals surface area contributed by atoms with Crippen LogP contribution in [0.5, 0.6) is 5.75 Å². The quantitative estimate of drug-likeness (QED) is 0.345. The minimum absolute atomic E-state index is 0.101. The maximum Gasteiger partial charge on any atom is 0.410 e. The van der Waals surface area contributed by atoms with Crippen LogP contribution in [0.15, 0.2) is 79.4 Å². The largest absolute Gasteiger partial charge is 0.497 e. The third-order valence-corrected chi connectivity index (χ3v) is 7.84. The highest BCUT2D eigenvalue weighted by molar-refractivity contribution is 6.21. The first kappa shape index (κ1) is 28.4. The maximum atomic E-state index is 13.6. The molecule has 0 radical (unpaired) electrons. The molecule has 2 aliphatic rings. The molecule has 1 amide bonds. The summed E-state index contributed by atoms with van der Waals surface area (Å²) in [4.78, 5) is 28.0. The second-order valence-electron chi connectivity index (χ2n) is 10.3. The Kier molecular flexibility index (Phi) is 10.1. The molecule has 206 valence electrons. The number of benzene rings is 2. The molecule has 1 aliphatic heterocycles. The molecule has 6 heteroatoms. The lowest BCUT2D eigenvalue weighted by Gasteiger charge is -2.36. The molecular weight excluding hydrogens is 490 g/mol. The lowest BCUT2D eigenvalue weighted by Crippen LogP contribution is -2.43. The smallest absolute Gasteiger partial charge is 0.410 e. The van der Waals surface area contributed by atoms with Crippen molar-refractivity contribution in [1.29, 1.82) is 0 Å². The molecule has 3 atom stereocenters. The fraction of sp³-hybridized carbons (Fsp3) is 0.394. The van der Waals surface area contributed by atoms with E-state index in [2.05, 4.69) is 12.7 Å². The Labute approximate surface area is 231 Å². The van der Waals surface area contributed by atoms with Crippen LogP contribution < -0.4 is 4.74 Å². The summed E-state index contributed by atoms with van der Waals surface area (Å²) in [5.74, 6) is 1.33. The van der Waals surface area contributed by atoms with Crippen molar-refractivity contribution >= 4 is 17.4 Å². The van der Waals surface area contributed by atoms with Gasteiger partial charge in [-0.15, -0.1) is 6.58 Å². The molecule has 2 aromatic carbocycles. The highest BCUT2D eigenvalue weighted by Crippen LogP contribution is 2.37. The number of aliphatic hydroxyl groups is 1. The number of aliphatic hydroxyl groups excluding tert-OH is 1. The third kappa shape index (κ3) is 7.27. The number of rotatable bonds is 11. The molecule has 1 heterocycles. The van der Waals surface area contributed by atoms with Crippen molar-refractivity contribution in [2.45, 2.75) is 44.6 Å². The monoisotopic (exact) mass is 529 g/mol. The van der Waals surface area contributed by atoms with E-state index in [0.29, 0.717) is 37.3 Å². The molecule has 0 saturated carbocycles. The number of ketones is 1. The normalized spacial score (nSPS) is 20.4. The molecular formula is C33H39NO5. The van der Waals surface area contributed by atoms with Gasteiger partial charge in [0.25, 0.3) is 0 Å². The van der Waals surface area contributed by atoms with Crippen LogP contribution in [0.2, 0.25) is 0 Å². The molecule has 2 aromatic rings. The average molecular weight is 530 g/mol. The van der Waals surface area contributed by atoms with Crippen molar-refractivity contribution in [3.8, 4) is 5.75 Å². The summed E-state index contributed by atoms with van der Waals surface area (Å²) in [5.41, 5.74) is 3.65. The standard InChI is InChI=1S/C33H39NO5/c1-3-25-22-34(33(37)39-23-24-9-5-4-6-10-24)19-18-26(25)14-17-32(36)30-13-7-11-27(12-8-20-35)29-16-15-28(38-2)21-31(29)30/h3-7,9-11,13,15-16,21,25-27,35H,1,8,12,14,17-20,22-23H2,2H3/t25-,26+,27?/m0/s1. The van der Waals surface area contributed by atoms with E-state index in [-0.39, 0.29) is 42.8 Å². The average Bonchev–Trinajstić information content (AvgIpc) is 3.16. The van der Waals surface area contributed by atoms with E-state index < -0.39 is 0 Å². The topological polar surface area (TPSA) is 76.1 Å². The van der Waals surface area contributed by atoms with Gasteiger partial charge in [-0.25, -0.2) is 4.79 Å². The first-order chi connectivity index (χ1) is 19.0. The van der Waals surface area contributed by atoms with Crippen molar-refractivity contribution in [3.63, 3.8) is 0 Å². The van der Waals surface area contributed by atoms with E-state index in [9.17, 15) is 14.7 Å². The van der Waals surface area contributed by atoms with E-state index in [0.717, 1.165) is 36.0 Å². The second-order valence-corrected chi connectivity index (χ2v) is 10.3. The minimum Gasteiger partial charge on any atom is -0.497 e. The highest BCUT2D eigenvalue weighted by atomic mass is 16.6. The molecule has 1 fully saturated rings. The lowest BCUT2D eigenvalue weighted by molar-refractivity contribution is -0.114. The molecule has 1 N–H and O–H groups in total. The summed E-state index contributed by atoms with van der Waals surface area (Å²) < 4.78 is 11.0. The molecule has 1 unspecified atom stereocenters. The third-order valence-electron chi connectivity index (χ3n) is 7.84. The number of carbonyl (C=O) groups is 2. The fourth-order valence-electron chi connectivity index (χ4n) is 5.59. The summed E-state index contributed by atoms with van der Waals surface area (Å²) in [6.45, 7) is 5.57. The number of fused-ring (bicyclic) bond motifs is 1. The SMILES string of the molecule is C=C[C@H]1CN(C(=O)OCc2ccccc2)CC[C@H]1CCC(=O)C1=CC=CC(CCCO)c2ccc(OC)cc21. The fourth-order valence-corrected chi connectivity index (χ4v) is 5.59. The molecule has 6 nitrogen and oxygen atoms in total. The van der Waals surface area contributed by atoms with Gasteiger partial charge in [0.15, 0.2) is 5.78 Å². The van der Waals surface area contributed by atoms with E-state index in [1.165, 1.54) is 0 Å². The Morgan fingerprint density at radius 1 is 1.15 bits per heavy atom. The zero-order valence-electron chi connectivity index (χ0n) is 22.8. The number of allylic oxidation sites excluding steroid dienone is 4. The van der Waals surface area contributed by atoms with Crippen LogP contribution in [-0.4, -0.2) is 48.7 Å². The van der Waals surface area contributed by atoms with E-state index in [1.54, 1.807) is 12.0 Å². The van der Waals surface area contributed by atoms with E-state index in [4.69, 9.17) is 9.47 Å². The number of methoxy groups -OCH3 is 1. The summed E-state index contributed by atoms with van der Waals surface area (Å²) in [5, 5.41) is 9.35. The van der Waals surface area contributed by atoms with Crippen molar-refractivity contribution in [2.75, 3.05) is 26.8 Å². The number of nitrogens with zero attached hydrogens (tertiary/aromatic N) is 1. The number of hydrogen-bond acceptors (Lipinski definition) is 5. The first-order valence-electron chi connectivity index (χ1n) is 13.8. The molecule has 39 heavy (non-hydrogen) atoms. The number of amides is 1. The van der Waals surface area contributed by atoms with Gasteiger partial charge < -0.3 is 19.5 Å². The zero-order chi connectivity index (χ0) is 27.6. The van der Waals surface area contributed by atoms with Crippen molar-refractivity contribution in [2.24, 2.45) is 11.8 Å². The van der Waals surface area contributed by atoms with Crippen LogP contribution in [0.4, 0.5) is 4.79 Å². The Morgan fingerprint density at radius 2 is 1.97 bits per heavy atom. The van der Waals surface area contributed by atoms with Crippen LogP contribution in [0.3, 0.4) is 0 Å². The van der Waals surface area contributed by atoms with Crippen LogP contribution in [0.25, 0.3) is 5.57 Å². The number of likely N-dealkylation sites (tertiary alicyclic amines) is 1. The number of ether oxygens (including phenoxy) is 2. The molecule has 0 spiro atoms. The van der Waals surface area contributed by atoms with Crippen LogP contribution in [0, 0.1) is 11.8 Å². The number of Topliss-reactive ketones (excluding diaryl/α,β-unsaturated/α-hetero) is 1. The zero-order valence-corrected chi connectivity index (χ0v) is 22.8. The first-order valence-corrected chi connectivity index (χ1v) is 13.8. The summed E-state index contributed by atoms with van der Waals surface area (Å²) in [7, 11) is 1.63. The van der Waals surface area contributed by atoms with Gasteiger partial charge >= 0.3 is 6.09 Å². The summed E-state index contributed by atoms with van der Waals surface area (Å²) >= 11 is 0. The number of hydrogen-bond donors (Lipinski definition) is 1. The molecule has 1 aliphatic carbocycles. The van der Waals surface area contributed by atoms with Gasteiger partial charge in [-0.2, -0.15) is 0 Å². The number of carbonyl (C=O) groups excluding carboxylic acids is 2. The van der Waals surface area contributed by atoms with Crippen molar-refractivity contribution in [3.05, 3.63) is 96.1 Å². The van der Waals surface area contributed by atoms with Crippen molar-refractivity contribution < 1.29 is 24.2 Å². The Hall–Kier alpha value is -3.64. The summed E-state index contributed by atoms with van der Waals surface area (Å²) in [6, 6.07) is 15.6. The molecule has 1 saturated heterocycles. The second kappa shape index (κ2) is 13.9. The van der Waals surface area contributed by atoms with E-state index in [1.807, 2.05) is 66.8 Å². The van der Waals surface area contributed by atoms with Gasteiger partial charge in [0.1, 0.15) is 12.4 Å². The van der Waals surface area contributed by atoms with Gasteiger partial charge in [-0.1, -0.05) is 60.7 Å². The highest BCUT2D eigenvalue weighted by Gasteiger charge is 2.31. The van der Waals surface area contributed by atoms with Crippen LogP contribution in [0.1, 0.15) is 54.7 Å². The predicted molar refractivity (Wildman–Crippen MR) is 153 cm³/mol. The van der Waals surface area contributed by atoms with E-state index >= 15 is 0 Å². The van der Waals surface area contributed by atoms with Gasteiger partial charge in [0, 0.05) is 37.6 Å². The summed E-state index contributed by atoms with van der Waals surface area (Å²) in [6.07, 6.45) is 11.1. The Balaban J connectivity index is 1.37. The molecule has 0 bridgehead atoms. The predicted octanol–water partition coefficient (Wildman–Crippen LogP) is 6.31. The van der Waals surface area contributed by atoms with Crippen LogP contribution >= 0.6 is 0 Å². The Morgan fingerprint density at radius 3 is 2.72 bits per heavy atom. The number of piperidine rings is 1. The van der Waals surface area contributed by atoms with Crippen LogP contribution in [-0.2, 0) is 16.1 Å². The molecule has 4 rings (SSSR count). The lowest BCUT2D eigenvalue weighted by atomic mass is 9.81. The minimum atomic E-state index is -0.308. The molecule has 0 aromatic heterocycles. The van der Waals surface area contributed by atoms with Crippen molar-refractivity contribution in [1.82, 2.24) is 4.90 Å². The maximum absolute atomic E-state index is 13.6. The van der Waals surface area contributed by atoms with Gasteiger partial charge in [-0.05, 0) is 66.3 Å². The van der Waals surface area contributed by atoms with Gasteiger partial charge in [-0.3, -0.25) is 4.79 Å². The Bertz CT molecular complexity index is 1200. The van der Waals surface area contributed by atoms with Gasteiger partial charge in [0.2, 0.25) is 0 Å². The van der Waals surface area contributed by atoms with Gasteiger partial charge in [0.05, 0.1) is 7.11 Å².